The fraction of sp³-hybridized carbons (Fsp3) is 0.136. The molecular formula is C22H17Cl2NO. The van der Waals surface area contributed by atoms with Crippen LogP contribution in [-0.2, 0) is 6.42 Å². The van der Waals surface area contributed by atoms with E-state index in [4.69, 9.17) is 23.2 Å². The first-order valence-electron chi connectivity index (χ1n) is 8.54. The summed E-state index contributed by atoms with van der Waals surface area (Å²) in [6.07, 6.45) is 0.840. The Labute approximate surface area is 163 Å². The molecule has 1 unspecified atom stereocenters. The lowest BCUT2D eigenvalue weighted by molar-refractivity contribution is 0.0694. The van der Waals surface area contributed by atoms with Gasteiger partial charge in [0.2, 0.25) is 0 Å². The molecule has 130 valence electrons. The number of hydrogen-bond acceptors (Lipinski definition) is 1. The minimum atomic E-state index is -0.108. The van der Waals surface area contributed by atoms with Crippen LogP contribution in [0.4, 0.5) is 0 Å². The molecule has 0 aromatic heterocycles. The number of carbonyl (C=O) groups excluding carboxylic acids is 1. The van der Waals surface area contributed by atoms with E-state index in [1.54, 1.807) is 18.2 Å². The number of nitrogens with zero attached hydrogens (tertiary/aromatic N) is 1. The number of rotatable bonds is 2. The van der Waals surface area contributed by atoms with Gasteiger partial charge in [-0.15, -0.1) is 0 Å². The lowest BCUT2D eigenvalue weighted by Crippen LogP contribution is -2.40. The molecule has 1 atom stereocenters. The summed E-state index contributed by atoms with van der Waals surface area (Å²) in [5, 5.41) is 0.845. The standard InChI is InChI=1S/C22H17Cl2NO/c23-19-11-10-17(14-20(19)24)22(26)25-13-12-15-6-4-5-9-18(15)21(25)16-7-2-1-3-8-16/h1-11,14,21H,12-13H2. The minimum absolute atomic E-state index is 0.0353. The van der Waals surface area contributed by atoms with E-state index in [2.05, 4.69) is 30.3 Å². The van der Waals surface area contributed by atoms with Crippen molar-refractivity contribution in [2.24, 2.45) is 0 Å². The lowest BCUT2D eigenvalue weighted by atomic mass is 9.88. The molecular weight excluding hydrogens is 365 g/mol. The third-order valence-electron chi connectivity index (χ3n) is 4.83. The highest BCUT2D eigenvalue weighted by atomic mass is 35.5. The van der Waals surface area contributed by atoms with Crippen LogP contribution in [0.25, 0.3) is 0 Å². The first-order chi connectivity index (χ1) is 12.6. The summed E-state index contributed by atoms with van der Waals surface area (Å²) in [5.41, 5.74) is 4.13. The molecule has 4 rings (SSSR count). The quantitative estimate of drug-likeness (QED) is 0.550. The Kier molecular flexibility index (Phi) is 4.71. The van der Waals surface area contributed by atoms with Crippen LogP contribution in [0.5, 0.6) is 0 Å². The second-order valence-electron chi connectivity index (χ2n) is 6.39. The van der Waals surface area contributed by atoms with E-state index < -0.39 is 0 Å². The molecule has 0 fully saturated rings. The highest BCUT2D eigenvalue weighted by Gasteiger charge is 2.32. The maximum Gasteiger partial charge on any atom is 0.254 e. The van der Waals surface area contributed by atoms with Crippen molar-refractivity contribution >= 4 is 29.1 Å². The van der Waals surface area contributed by atoms with E-state index in [1.807, 2.05) is 29.2 Å². The predicted molar refractivity (Wildman–Crippen MR) is 106 cm³/mol. The Morgan fingerprint density at radius 2 is 1.62 bits per heavy atom. The van der Waals surface area contributed by atoms with Crippen LogP contribution in [0.1, 0.15) is 33.1 Å². The summed E-state index contributed by atoms with van der Waals surface area (Å²) >= 11 is 12.1. The van der Waals surface area contributed by atoms with Gasteiger partial charge in [0.05, 0.1) is 16.1 Å². The Balaban J connectivity index is 1.79. The van der Waals surface area contributed by atoms with Gasteiger partial charge >= 0.3 is 0 Å². The molecule has 0 saturated heterocycles. The van der Waals surface area contributed by atoms with Crippen LogP contribution < -0.4 is 0 Å². The topological polar surface area (TPSA) is 20.3 Å². The van der Waals surface area contributed by atoms with Crippen molar-refractivity contribution in [3.8, 4) is 0 Å². The van der Waals surface area contributed by atoms with Gasteiger partial charge in [0.1, 0.15) is 0 Å². The molecule has 4 heteroatoms. The monoisotopic (exact) mass is 381 g/mol. The van der Waals surface area contributed by atoms with Crippen molar-refractivity contribution in [1.29, 1.82) is 0 Å². The molecule has 1 heterocycles. The Bertz CT molecular complexity index is 955. The molecule has 0 aliphatic carbocycles. The molecule has 1 aliphatic heterocycles. The molecule has 1 amide bonds. The molecule has 0 radical (unpaired) electrons. The lowest BCUT2D eigenvalue weighted by Gasteiger charge is -2.38. The van der Waals surface area contributed by atoms with Crippen LogP contribution in [0.2, 0.25) is 10.0 Å². The normalized spacial score (nSPS) is 16.2. The molecule has 0 bridgehead atoms. The van der Waals surface area contributed by atoms with E-state index in [0.717, 1.165) is 12.0 Å². The zero-order chi connectivity index (χ0) is 18.1. The van der Waals surface area contributed by atoms with Crippen molar-refractivity contribution in [2.75, 3.05) is 6.54 Å². The molecule has 3 aromatic carbocycles. The van der Waals surface area contributed by atoms with Crippen molar-refractivity contribution in [3.05, 3.63) is 105 Å². The number of benzene rings is 3. The van der Waals surface area contributed by atoms with Gasteiger partial charge in [0, 0.05) is 12.1 Å². The summed E-state index contributed by atoms with van der Waals surface area (Å²) in [4.78, 5) is 15.2. The summed E-state index contributed by atoms with van der Waals surface area (Å²) in [6, 6.07) is 23.4. The smallest absolute Gasteiger partial charge is 0.254 e. The largest absolute Gasteiger partial charge is 0.327 e. The molecule has 2 nitrogen and oxygen atoms in total. The average Bonchev–Trinajstić information content (AvgIpc) is 2.69. The maximum absolute atomic E-state index is 13.3. The molecule has 3 aromatic rings. The number of hydrogen-bond donors (Lipinski definition) is 0. The summed E-state index contributed by atoms with van der Waals surface area (Å²) in [7, 11) is 0. The highest BCUT2D eigenvalue weighted by molar-refractivity contribution is 6.42. The summed E-state index contributed by atoms with van der Waals surface area (Å²) in [5.74, 6) is -0.0353. The first-order valence-corrected chi connectivity index (χ1v) is 9.29. The van der Waals surface area contributed by atoms with Crippen LogP contribution in [0.3, 0.4) is 0 Å². The third kappa shape index (κ3) is 3.11. The van der Waals surface area contributed by atoms with Crippen molar-refractivity contribution in [3.63, 3.8) is 0 Å². The van der Waals surface area contributed by atoms with Gasteiger partial charge in [-0.2, -0.15) is 0 Å². The van der Waals surface area contributed by atoms with E-state index in [1.165, 1.54) is 11.1 Å². The minimum Gasteiger partial charge on any atom is -0.327 e. The average molecular weight is 382 g/mol. The second-order valence-corrected chi connectivity index (χ2v) is 7.20. The molecule has 1 aliphatic rings. The van der Waals surface area contributed by atoms with Gasteiger partial charge in [-0.3, -0.25) is 4.79 Å². The number of fused-ring (bicyclic) bond motifs is 1. The number of carbonyl (C=O) groups is 1. The Morgan fingerprint density at radius 3 is 2.38 bits per heavy atom. The van der Waals surface area contributed by atoms with Crippen LogP contribution in [0, 0.1) is 0 Å². The highest BCUT2D eigenvalue weighted by Crippen LogP contribution is 2.36. The molecule has 26 heavy (non-hydrogen) atoms. The fourth-order valence-corrected chi connectivity index (χ4v) is 3.87. The van der Waals surface area contributed by atoms with Crippen LogP contribution in [-0.4, -0.2) is 17.4 Å². The van der Waals surface area contributed by atoms with E-state index in [9.17, 15) is 4.79 Å². The Morgan fingerprint density at radius 1 is 0.885 bits per heavy atom. The zero-order valence-corrected chi connectivity index (χ0v) is 15.5. The van der Waals surface area contributed by atoms with Gasteiger partial charge in [0.25, 0.3) is 5.91 Å². The van der Waals surface area contributed by atoms with E-state index in [0.29, 0.717) is 22.2 Å². The molecule has 0 N–H and O–H groups in total. The summed E-state index contributed by atoms with van der Waals surface area (Å²) in [6.45, 7) is 0.662. The van der Waals surface area contributed by atoms with E-state index in [-0.39, 0.29) is 11.9 Å². The Hall–Kier alpha value is -2.29. The predicted octanol–water partition coefficient (Wildman–Crippen LogP) is 5.78. The van der Waals surface area contributed by atoms with Crippen LogP contribution >= 0.6 is 23.2 Å². The third-order valence-corrected chi connectivity index (χ3v) is 5.57. The molecule has 0 spiro atoms. The van der Waals surface area contributed by atoms with Gasteiger partial charge < -0.3 is 4.90 Å². The van der Waals surface area contributed by atoms with Gasteiger partial charge in [0.15, 0.2) is 0 Å². The van der Waals surface area contributed by atoms with Crippen molar-refractivity contribution in [1.82, 2.24) is 4.90 Å². The fourth-order valence-electron chi connectivity index (χ4n) is 3.58. The van der Waals surface area contributed by atoms with Crippen LogP contribution in [0.15, 0.2) is 72.8 Å². The van der Waals surface area contributed by atoms with E-state index >= 15 is 0 Å². The maximum atomic E-state index is 13.3. The molecule has 0 saturated carbocycles. The van der Waals surface area contributed by atoms with Gasteiger partial charge in [-0.1, -0.05) is 77.8 Å². The number of halogens is 2. The van der Waals surface area contributed by atoms with Gasteiger partial charge in [-0.25, -0.2) is 0 Å². The van der Waals surface area contributed by atoms with Crippen molar-refractivity contribution < 1.29 is 4.79 Å². The van der Waals surface area contributed by atoms with Gasteiger partial charge in [-0.05, 0) is 41.3 Å². The SMILES string of the molecule is O=C(c1ccc(Cl)c(Cl)c1)N1CCc2ccccc2C1c1ccccc1. The summed E-state index contributed by atoms with van der Waals surface area (Å²) < 4.78 is 0. The number of amides is 1. The second kappa shape index (κ2) is 7.14. The first kappa shape index (κ1) is 17.1. The zero-order valence-electron chi connectivity index (χ0n) is 14.0. The van der Waals surface area contributed by atoms with Crippen molar-refractivity contribution in [2.45, 2.75) is 12.5 Å².